The van der Waals surface area contributed by atoms with Crippen LogP contribution in [0.5, 0.6) is 0 Å². The molecule has 2 heterocycles. The number of rotatable bonds is 3. The van der Waals surface area contributed by atoms with E-state index in [1.165, 1.54) is 11.3 Å². The highest BCUT2D eigenvalue weighted by Gasteiger charge is 2.01. The number of halogens is 1. The molecule has 0 amide bonds. The van der Waals surface area contributed by atoms with Crippen LogP contribution in [0, 0.1) is 0 Å². The van der Waals surface area contributed by atoms with Crippen molar-refractivity contribution in [1.29, 1.82) is 0 Å². The van der Waals surface area contributed by atoms with Gasteiger partial charge in [0.2, 0.25) is 0 Å². The van der Waals surface area contributed by atoms with Crippen LogP contribution >= 0.6 is 34.7 Å². The predicted octanol–water partition coefficient (Wildman–Crippen LogP) is 2.81. The van der Waals surface area contributed by atoms with Gasteiger partial charge < -0.3 is 4.98 Å². The number of hydrogen-bond acceptors (Lipinski definition) is 4. The lowest BCUT2D eigenvalue weighted by atomic mass is 10.6. The molecule has 0 spiro atoms. The van der Waals surface area contributed by atoms with Crippen LogP contribution in [0.25, 0.3) is 0 Å². The fourth-order valence-electron chi connectivity index (χ4n) is 0.820. The average Bonchev–Trinajstić information content (AvgIpc) is 2.71. The third-order valence-corrected chi connectivity index (χ3v) is 3.60. The summed E-state index contributed by atoms with van der Waals surface area (Å²) in [7, 11) is 0. The van der Waals surface area contributed by atoms with E-state index in [0.29, 0.717) is 4.47 Å². The van der Waals surface area contributed by atoms with Gasteiger partial charge in [-0.2, -0.15) is 0 Å². The summed E-state index contributed by atoms with van der Waals surface area (Å²) >= 11 is 8.84. The van der Waals surface area contributed by atoms with E-state index >= 15 is 0 Å². The normalized spacial score (nSPS) is 10.5. The van der Waals surface area contributed by atoms with Crippen molar-refractivity contribution in [3.8, 4) is 0 Å². The quantitative estimate of drug-likeness (QED) is 0.826. The van der Waals surface area contributed by atoms with Gasteiger partial charge in [-0.05, 0) is 0 Å². The average molecular weight is 232 g/mol. The summed E-state index contributed by atoms with van der Waals surface area (Å²) in [5.41, 5.74) is 0. The molecule has 68 valence electrons. The van der Waals surface area contributed by atoms with Crippen molar-refractivity contribution in [1.82, 2.24) is 15.0 Å². The maximum Gasteiger partial charge on any atom is 0.183 e. The molecule has 0 saturated carbocycles. The van der Waals surface area contributed by atoms with E-state index in [9.17, 15) is 0 Å². The Morgan fingerprint density at radius 2 is 2.46 bits per heavy atom. The van der Waals surface area contributed by atoms with Gasteiger partial charge in [-0.3, -0.25) is 0 Å². The summed E-state index contributed by atoms with van der Waals surface area (Å²) in [6, 6.07) is 0. The van der Waals surface area contributed by atoms with Gasteiger partial charge in [0.05, 0.1) is 0 Å². The van der Waals surface area contributed by atoms with Gasteiger partial charge in [0.1, 0.15) is 0 Å². The van der Waals surface area contributed by atoms with E-state index in [4.69, 9.17) is 11.6 Å². The standard InChI is InChI=1S/C7H6ClN3S2/c8-6-11-3-5(13-6)4-12-7-9-1-2-10-7/h1-3H,4H2,(H,9,10). The summed E-state index contributed by atoms with van der Waals surface area (Å²) < 4.78 is 0.593. The molecule has 0 aliphatic heterocycles. The Morgan fingerprint density at radius 3 is 3.08 bits per heavy atom. The first-order chi connectivity index (χ1) is 6.34. The minimum atomic E-state index is 0.593. The van der Waals surface area contributed by atoms with Crippen LogP contribution in [0.3, 0.4) is 0 Å². The van der Waals surface area contributed by atoms with Crippen molar-refractivity contribution in [2.45, 2.75) is 10.9 Å². The lowest BCUT2D eigenvalue weighted by Gasteiger charge is -1.92. The van der Waals surface area contributed by atoms with Gasteiger partial charge in [-0.25, -0.2) is 9.97 Å². The summed E-state index contributed by atoms with van der Waals surface area (Å²) in [6.45, 7) is 0. The van der Waals surface area contributed by atoms with Crippen molar-refractivity contribution in [2.75, 3.05) is 0 Å². The van der Waals surface area contributed by atoms with Crippen LogP contribution in [0.4, 0.5) is 0 Å². The number of H-pyrrole nitrogens is 1. The van der Waals surface area contributed by atoms with E-state index in [-0.39, 0.29) is 0 Å². The first kappa shape index (κ1) is 9.05. The summed E-state index contributed by atoms with van der Waals surface area (Å²) in [4.78, 5) is 12.2. The Kier molecular flexibility index (Phi) is 2.87. The van der Waals surface area contributed by atoms with Gasteiger partial charge in [0, 0.05) is 29.2 Å². The zero-order valence-corrected chi connectivity index (χ0v) is 8.92. The number of hydrogen-bond donors (Lipinski definition) is 1. The van der Waals surface area contributed by atoms with Crippen LogP contribution in [0.1, 0.15) is 4.88 Å². The molecule has 0 radical (unpaired) electrons. The number of nitrogens with zero attached hydrogens (tertiary/aromatic N) is 2. The molecular weight excluding hydrogens is 226 g/mol. The first-order valence-electron chi connectivity index (χ1n) is 3.57. The fourth-order valence-corrected chi connectivity index (χ4v) is 2.65. The first-order valence-corrected chi connectivity index (χ1v) is 5.75. The molecule has 13 heavy (non-hydrogen) atoms. The van der Waals surface area contributed by atoms with Gasteiger partial charge >= 0.3 is 0 Å². The molecular formula is C7H6ClN3S2. The fraction of sp³-hybridized carbons (Fsp3) is 0.143. The Labute approximate surface area is 88.6 Å². The van der Waals surface area contributed by atoms with Crippen LogP contribution in [-0.2, 0) is 5.75 Å². The molecule has 2 aromatic rings. The van der Waals surface area contributed by atoms with Crippen LogP contribution in [0.15, 0.2) is 23.7 Å². The maximum atomic E-state index is 5.70. The second kappa shape index (κ2) is 4.13. The second-order valence-electron chi connectivity index (χ2n) is 2.26. The molecule has 0 aliphatic rings. The molecule has 0 saturated heterocycles. The van der Waals surface area contributed by atoms with Gasteiger partial charge in [-0.1, -0.05) is 23.4 Å². The molecule has 2 aromatic heterocycles. The molecule has 1 N–H and O–H groups in total. The number of thioether (sulfide) groups is 1. The maximum absolute atomic E-state index is 5.70. The summed E-state index contributed by atoms with van der Waals surface area (Å²) in [5.74, 6) is 0.859. The van der Waals surface area contributed by atoms with E-state index in [1.807, 2.05) is 6.20 Å². The SMILES string of the molecule is Clc1ncc(CSc2ncc[nH]2)s1. The molecule has 3 nitrogen and oxygen atoms in total. The number of thiazole rings is 1. The van der Waals surface area contributed by atoms with Crippen molar-refractivity contribution in [3.05, 3.63) is 27.9 Å². The number of aromatic nitrogens is 3. The highest BCUT2D eigenvalue weighted by Crippen LogP contribution is 2.24. The van der Waals surface area contributed by atoms with Gasteiger partial charge in [0.25, 0.3) is 0 Å². The molecule has 2 rings (SSSR count). The van der Waals surface area contributed by atoms with Crippen LogP contribution < -0.4 is 0 Å². The predicted molar refractivity (Wildman–Crippen MR) is 55.3 cm³/mol. The highest BCUT2D eigenvalue weighted by atomic mass is 35.5. The molecule has 0 aliphatic carbocycles. The van der Waals surface area contributed by atoms with Gasteiger partial charge in [0.15, 0.2) is 9.62 Å². The van der Waals surface area contributed by atoms with Crippen molar-refractivity contribution in [2.24, 2.45) is 0 Å². The summed E-state index contributed by atoms with van der Waals surface area (Å²) in [5, 5.41) is 0.921. The van der Waals surface area contributed by atoms with Gasteiger partial charge in [-0.15, -0.1) is 11.3 Å². The molecule has 0 unspecified atom stereocenters. The minimum Gasteiger partial charge on any atom is -0.340 e. The largest absolute Gasteiger partial charge is 0.340 e. The zero-order chi connectivity index (χ0) is 9.10. The molecule has 0 atom stereocenters. The smallest absolute Gasteiger partial charge is 0.183 e. The highest BCUT2D eigenvalue weighted by molar-refractivity contribution is 7.98. The van der Waals surface area contributed by atoms with Crippen molar-refractivity contribution in [3.63, 3.8) is 0 Å². The van der Waals surface area contributed by atoms with E-state index < -0.39 is 0 Å². The van der Waals surface area contributed by atoms with E-state index in [1.54, 1.807) is 24.2 Å². The van der Waals surface area contributed by atoms with Crippen molar-refractivity contribution < 1.29 is 0 Å². The topological polar surface area (TPSA) is 41.6 Å². The van der Waals surface area contributed by atoms with Crippen LogP contribution in [-0.4, -0.2) is 15.0 Å². The molecule has 0 fully saturated rings. The number of imidazole rings is 1. The Morgan fingerprint density at radius 1 is 1.54 bits per heavy atom. The van der Waals surface area contributed by atoms with E-state index in [2.05, 4.69) is 15.0 Å². The monoisotopic (exact) mass is 231 g/mol. The minimum absolute atomic E-state index is 0.593. The number of aromatic amines is 1. The molecule has 0 bridgehead atoms. The zero-order valence-electron chi connectivity index (χ0n) is 6.53. The third kappa shape index (κ3) is 2.46. The second-order valence-corrected chi connectivity index (χ2v) is 4.92. The number of nitrogens with one attached hydrogen (secondary N) is 1. The molecule has 6 heteroatoms. The Bertz CT molecular complexity index is 371. The summed E-state index contributed by atoms with van der Waals surface area (Å²) in [6.07, 6.45) is 5.34. The Hall–Kier alpha value is -0.520. The lowest BCUT2D eigenvalue weighted by Crippen LogP contribution is -1.76. The Balaban J connectivity index is 1.93. The van der Waals surface area contributed by atoms with Crippen molar-refractivity contribution >= 4 is 34.7 Å². The van der Waals surface area contributed by atoms with E-state index in [0.717, 1.165) is 15.8 Å². The third-order valence-electron chi connectivity index (χ3n) is 1.35. The lowest BCUT2D eigenvalue weighted by molar-refractivity contribution is 1.06. The van der Waals surface area contributed by atoms with Crippen LogP contribution in [0.2, 0.25) is 4.47 Å². The molecule has 0 aromatic carbocycles.